The lowest BCUT2D eigenvalue weighted by molar-refractivity contribution is 0.0810. The number of aliphatic hydroxyl groups excluding tert-OH is 1. The van der Waals surface area contributed by atoms with Gasteiger partial charge in [-0.15, -0.1) is 0 Å². The monoisotopic (exact) mass is 243 g/mol. The Hall–Kier alpha value is -1.45. The molecule has 1 aliphatic heterocycles. The van der Waals surface area contributed by atoms with Gasteiger partial charge in [0.1, 0.15) is 0 Å². The first-order valence-corrected chi connectivity index (χ1v) is 6.39. The van der Waals surface area contributed by atoms with E-state index in [0.717, 1.165) is 22.9 Å². The van der Waals surface area contributed by atoms with Gasteiger partial charge in [-0.05, 0) is 19.4 Å². The predicted octanol–water partition coefficient (Wildman–Crippen LogP) is 2.69. The third kappa shape index (κ3) is 2.00. The molecule has 0 spiro atoms. The Labute approximate surface area is 106 Å². The number of nitrogens with zero attached hydrogens (tertiary/aromatic N) is 1. The van der Waals surface area contributed by atoms with Crippen LogP contribution < -0.4 is 0 Å². The SMILES string of the molecule is CC1CC(C(O)c2cccc3cccnc23)CO1. The van der Waals surface area contributed by atoms with Gasteiger partial charge in [0.2, 0.25) is 0 Å². The lowest BCUT2D eigenvalue weighted by Gasteiger charge is -2.18. The second-order valence-electron chi connectivity index (χ2n) is 5.01. The molecule has 1 aromatic carbocycles. The molecular formula is C15H17NO2. The average molecular weight is 243 g/mol. The maximum Gasteiger partial charge on any atom is 0.0862 e. The highest BCUT2D eigenvalue weighted by Gasteiger charge is 2.30. The summed E-state index contributed by atoms with van der Waals surface area (Å²) in [6.07, 6.45) is 2.43. The molecule has 1 aromatic heterocycles. The van der Waals surface area contributed by atoms with Gasteiger partial charge >= 0.3 is 0 Å². The van der Waals surface area contributed by atoms with Crippen molar-refractivity contribution in [3.8, 4) is 0 Å². The van der Waals surface area contributed by atoms with Crippen molar-refractivity contribution in [3.63, 3.8) is 0 Å². The molecule has 3 atom stereocenters. The molecule has 2 heterocycles. The van der Waals surface area contributed by atoms with E-state index in [4.69, 9.17) is 4.74 Å². The smallest absolute Gasteiger partial charge is 0.0862 e. The van der Waals surface area contributed by atoms with Crippen molar-refractivity contribution in [2.24, 2.45) is 5.92 Å². The highest BCUT2D eigenvalue weighted by Crippen LogP contribution is 2.34. The minimum Gasteiger partial charge on any atom is -0.388 e. The summed E-state index contributed by atoms with van der Waals surface area (Å²) in [5, 5.41) is 11.6. The molecule has 2 aromatic rings. The van der Waals surface area contributed by atoms with Gasteiger partial charge in [-0.25, -0.2) is 0 Å². The van der Waals surface area contributed by atoms with Crippen molar-refractivity contribution in [1.29, 1.82) is 0 Å². The van der Waals surface area contributed by atoms with Crippen LogP contribution in [0.2, 0.25) is 0 Å². The van der Waals surface area contributed by atoms with Gasteiger partial charge in [0.05, 0.1) is 24.3 Å². The van der Waals surface area contributed by atoms with Crippen LogP contribution >= 0.6 is 0 Å². The normalized spacial score (nSPS) is 25.4. The standard InChI is InChI=1S/C15H17NO2/c1-10-8-12(9-18-10)15(17)13-6-2-4-11-5-3-7-16-14(11)13/h2-7,10,12,15,17H,8-9H2,1H3. The maximum absolute atomic E-state index is 10.5. The number of para-hydroxylation sites is 1. The topological polar surface area (TPSA) is 42.4 Å². The predicted molar refractivity (Wildman–Crippen MR) is 70.2 cm³/mol. The Bertz CT molecular complexity index is 550. The minimum atomic E-state index is -0.492. The number of aliphatic hydroxyl groups is 1. The highest BCUT2D eigenvalue weighted by molar-refractivity contribution is 5.81. The Morgan fingerprint density at radius 1 is 1.33 bits per heavy atom. The van der Waals surface area contributed by atoms with E-state index in [1.807, 2.05) is 37.3 Å². The van der Waals surface area contributed by atoms with E-state index in [1.165, 1.54) is 0 Å². The van der Waals surface area contributed by atoms with Crippen LogP contribution in [-0.4, -0.2) is 22.8 Å². The zero-order valence-electron chi connectivity index (χ0n) is 10.4. The van der Waals surface area contributed by atoms with E-state index in [2.05, 4.69) is 4.98 Å². The molecule has 0 aliphatic carbocycles. The zero-order chi connectivity index (χ0) is 12.5. The number of ether oxygens (including phenoxy) is 1. The van der Waals surface area contributed by atoms with Crippen LogP contribution in [-0.2, 0) is 4.74 Å². The summed E-state index contributed by atoms with van der Waals surface area (Å²) in [6, 6.07) is 9.89. The Kier molecular flexibility index (Phi) is 3.02. The van der Waals surface area contributed by atoms with Crippen LogP contribution in [0.5, 0.6) is 0 Å². The molecular weight excluding hydrogens is 226 g/mol. The van der Waals surface area contributed by atoms with Gasteiger partial charge in [0.25, 0.3) is 0 Å². The number of fused-ring (bicyclic) bond motifs is 1. The van der Waals surface area contributed by atoms with Gasteiger partial charge in [-0.3, -0.25) is 4.98 Å². The van der Waals surface area contributed by atoms with Crippen molar-refractivity contribution >= 4 is 10.9 Å². The number of rotatable bonds is 2. The van der Waals surface area contributed by atoms with Gasteiger partial charge in [0.15, 0.2) is 0 Å². The van der Waals surface area contributed by atoms with E-state index in [-0.39, 0.29) is 12.0 Å². The first kappa shape index (κ1) is 11.6. The Morgan fingerprint density at radius 3 is 2.94 bits per heavy atom. The fraction of sp³-hybridized carbons (Fsp3) is 0.400. The molecule has 18 heavy (non-hydrogen) atoms. The summed E-state index contributed by atoms with van der Waals surface area (Å²) < 4.78 is 5.54. The number of benzene rings is 1. The van der Waals surface area contributed by atoms with Gasteiger partial charge in [0, 0.05) is 23.1 Å². The Morgan fingerprint density at radius 2 is 2.17 bits per heavy atom. The first-order chi connectivity index (χ1) is 8.75. The van der Waals surface area contributed by atoms with Crippen molar-refractivity contribution in [1.82, 2.24) is 4.98 Å². The molecule has 0 saturated carbocycles. The van der Waals surface area contributed by atoms with E-state index in [1.54, 1.807) is 6.20 Å². The van der Waals surface area contributed by atoms with E-state index < -0.39 is 6.10 Å². The third-order valence-electron chi connectivity index (χ3n) is 3.66. The second kappa shape index (κ2) is 4.67. The molecule has 1 fully saturated rings. The molecule has 1 N–H and O–H groups in total. The van der Waals surface area contributed by atoms with Gasteiger partial charge in [-0.2, -0.15) is 0 Å². The molecule has 3 heteroatoms. The molecule has 0 bridgehead atoms. The van der Waals surface area contributed by atoms with Crippen molar-refractivity contribution in [3.05, 3.63) is 42.1 Å². The summed E-state index contributed by atoms with van der Waals surface area (Å²) in [5.74, 6) is 0.174. The average Bonchev–Trinajstić information content (AvgIpc) is 2.84. The van der Waals surface area contributed by atoms with Crippen LogP contribution in [0.25, 0.3) is 10.9 Å². The van der Waals surface area contributed by atoms with Crippen LogP contribution in [0, 0.1) is 5.92 Å². The van der Waals surface area contributed by atoms with E-state index in [0.29, 0.717) is 6.61 Å². The molecule has 94 valence electrons. The fourth-order valence-corrected chi connectivity index (χ4v) is 2.69. The zero-order valence-corrected chi connectivity index (χ0v) is 10.4. The second-order valence-corrected chi connectivity index (χ2v) is 5.01. The molecule has 3 nitrogen and oxygen atoms in total. The van der Waals surface area contributed by atoms with Crippen molar-refractivity contribution in [2.75, 3.05) is 6.61 Å². The minimum absolute atomic E-state index is 0.174. The summed E-state index contributed by atoms with van der Waals surface area (Å²) in [5.41, 5.74) is 1.81. The molecule has 1 saturated heterocycles. The molecule has 1 aliphatic rings. The van der Waals surface area contributed by atoms with Gasteiger partial charge < -0.3 is 9.84 Å². The number of hydrogen-bond donors (Lipinski definition) is 1. The summed E-state index contributed by atoms with van der Waals surface area (Å²) >= 11 is 0. The molecule has 0 amide bonds. The largest absolute Gasteiger partial charge is 0.388 e. The van der Waals surface area contributed by atoms with Crippen LogP contribution in [0.1, 0.15) is 25.0 Å². The molecule has 3 unspecified atom stereocenters. The molecule has 3 rings (SSSR count). The Balaban J connectivity index is 1.98. The molecule has 0 radical (unpaired) electrons. The third-order valence-corrected chi connectivity index (χ3v) is 3.66. The van der Waals surface area contributed by atoms with E-state index >= 15 is 0 Å². The number of aromatic nitrogens is 1. The summed E-state index contributed by atoms with van der Waals surface area (Å²) in [4.78, 5) is 4.39. The number of pyridine rings is 1. The fourth-order valence-electron chi connectivity index (χ4n) is 2.69. The number of hydrogen-bond acceptors (Lipinski definition) is 3. The van der Waals surface area contributed by atoms with Crippen molar-refractivity contribution in [2.45, 2.75) is 25.6 Å². The van der Waals surface area contributed by atoms with Crippen LogP contribution in [0.3, 0.4) is 0 Å². The maximum atomic E-state index is 10.5. The highest BCUT2D eigenvalue weighted by atomic mass is 16.5. The van der Waals surface area contributed by atoms with Crippen LogP contribution in [0.4, 0.5) is 0 Å². The van der Waals surface area contributed by atoms with Crippen molar-refractivity contribution < 1.29 is 9.84 Å². The first-order valence-electron chi connectivity index (χ1n) is 6.39. The summed E-state index contributed by atoms with van der Waals surface area (Å²) in [7, 11) is 0. The summed E-state index contributed by atoms with van der Waals surface area (Å²) in [6.45, 7) is 2.68. The van der Waals surface area contributed by atoms with Crippen LogP contribution in [0.15, 0.2) is 36.5 Å². The lowest BCUT2D eigenvalue weighted by Crippen LogP contribution is -2.13. The lowest BCUT2D eigenvalue weighted by atomic mass is 9.92. The van der Waals surface area contributed by atoms with Gasteiger partial charge in [-0.1, -0.05) is 24.3 Å². The van der Waals surface area contributed by atoms with E-state index in [9.17, 15) is 5.11 Å². The quantitative estimate of drug-likeness (QED) is 0.881.